The van der Waals surface area contributed by atoms with E-state index >= 15 is 0 Å². The van der Waals surface area contributed by atoms with E-state index in [1.165, 1.54) is 36.5 Å². The van der Waals surface area contributed by atoms with E-state index in [-0.39, 0.29) is 17.1 Å². The van der Waals surface area contributed by atoms with Crippen LogP contribution in [0.25, 0.3) is 0 Å². The van der Waals surface area contributed by atoms with Gasteiger partial charge in [-0.1, -0.05) is 12.1 Å². The molecule has 2 heterocycles. The van der Waals surface area contributed by atoms with Crippen LogP contribution in [-0.2, 0) is 34.0 Å². The summed E-state index contributed by atoms with van der Waals surface area (Å²) in [4.78, 5) is 53.3. The van der Waals surface area contributed by atoms with Crippen molar-refractivity contribution in [2.24, 2.45) is 0 Å². The molecule has 2 aromatic rings. The molecule has 0 aliphatic carbocycles. The first-order valence-electron chi connectivity index (χ1n) is 9.54. The molecule has 192 valence electrons. The van der Waals surface area contributed by atoms with Crippen molar-refractivity contribution in [2.45, 2.75) is 31.1 Å². The van der Waals surface area contributed by atoms with Gasteiger partial charge in [0, 0.05) is 12.3 Å². The van der Waals surface area contributed by atoms with E-state index in [1.807, 2.05) is 0 Å². The standard InChI is InChI=1S/C16H20N4O13P2/c17-12-5-6-19(16(22)18-12)15-14(30-7-9-3-1-2-4-10(9)20(23)24)13(21)11(32-15)8-31-35(28,29)33-34(25,26)27/h1-6,11,13-15,21H,7-8H2,(H,28,29)(H2,17,18,22)(H2,25,26,27)/t11-,13-,14-,15-/m1/s1. The van der Waals surface area contributed by atoms with Gasteiger partial charge >= 0.3 is 21.3 Å². The summed E-state index contributed by atoms with van der Waals surface area (Å²) < 4.78 is 42.8. The highest BCUT2D eigenvalue weighted by molar-refractivity contribution is 7.60. The molecule has 19 heteroatoms. The van der Waals surface area contributed by atoms with E-state index in [2.05, 4.69) is 13.8 Å². The number of nitrogens with zero attached hydrogens (tertiary/aromatic N) is 3. The number of para-hydroxylation sites is 1. The van der Waals surface area contributed by atoms with Crippen molar-refractivity contribution in [3.8, 4) is 0 Å². The predicted octanol–water partition coefficient (Wildman–Crippen LogP) is -0.196. The highest BCUT2D eigenvalue weighted by atomic mass is 31.3. The highest BCUT2D eigenvalue weighted by Crippen LogP contribution is 2.57. The lowest BCUT2D eigenvalue weighted by molar-refractivity contribution is -0.386. The third-order valence-electron chi connectivity index (χ3n) is 4.67. The number of rotatable bonds is 10. The summed E-state index contributed by atoms with van der Waals surface area (Å²) in [6.07, 6.45) is -4.72. The Labute approximate surface area is 195 Å². The third kappa shape index (κ3) is 6.99. The molecule has 1 unspecified atom stereocenters. The van der Waals surface area contributed by atoms with E-state index in [1.54, 1.807) is 0 Å². The van der Waals surface area contributed by atoms with Gasteiger partial charge in [-0.25, -0.2) is 13.9 Å². The number of hydrogen-bond donors (Lipinski definition) is 5. The molecule has 0 bridgehead atoms. The average molecular weight is 538 g/mol. The second-order valence-corrected chi connectivity index (χ2v) is 9.93. The summed E-state index contributed by atoms with van der Waals surface area (Å²) in [5.41, 5.74) is 4.45. The lowest BCUT2D eigenvalue weighted by Crippen LogP contribution is -2.38. The zero-order valence-corrected chi connectivity index (χ0v) is 19.3. The van der Waals surface area contributed by atoms with E-state index in [0.29, 0.717) is 0 Å². The maximum absolute atomic E-state index is 12.3. The van der Waals surface area contributed by atoms with Gasteiger partial charge in [-0.2, -0.15) is 9.29 Å². The summed E-state index contributed by atoms with van der Waals surface area (Å²) in [6, 6.07) is 6.86. The summed E-state index contributed by atoms with van der Waals surface area (Å²) >= 11 is 0. The Balaban J connectivity index is 1.84. The fourth-order valence-electron chi connectivity index (χ4n) is 3.20. The van der Waals surface area contributed by atoms with Crippen molar-refractivity contribution in [3.05, 3.63) is 62.7 Å². The number of benzene rings is 1. The van der Waals surface area contributed by atoms with Crippen molar-refractivity contribution in [1.29, 1.82) is 0 Å². The van der Waals surface area contributed by atoms with Gasteiger partial charge in [-0.3, -0.25) is 19.2 Å². The molecule has 5 atom stereocenters. The number of nitrogen functional groups attached to an aromatic ring is 1. The van der Waals surface area contributed by atoms with Crippen LogP contribution in [0, 0.1) is 10.1 Å². The van der Waals surface area contributed by atoms with Crippen molar-refractivity contribution < 1.29 is 52.1 Å². The number of aromatic nitrogens is 2. The van der Waals surface area contributed by atoms with Crippen LogP contribution in [0.1, 0.15) is 11.8 Å². The van der Waals surface area contributed by atoms with Gasteiger partial charge in [-0.15, -0.1) is 0 Å². The van der Waals surface area contributed by atoms with E-state index in [4.69, 9.17) is 25.0 Å². The molecule has 0 saturated carbocycles. The zero-order chi connectivity index (χ0) is 26.0. The minimum Gasteiger partial charge on any atom is -0.387 e. The van der Waals surface area contributed by atoms with Gasteiger partial charge in [0.2, 0.25) is 0 Å². The number of nitro groups is 1. The van der Waals surface area contributed by atoms with Crippen molar-refractivity contribution in [3.63, 3.8) is 0 Å². The van der Waals surface area contributed by atoms with Crippen LogP contribution >= 0.6 is 15.6 Å². The quantitative estimate of drug-likeness (QED) is 0.149. The molecular formula is C16H20N4O13P2. The van der Waals surface area contributed by atoms with Crippen molar-refractivity contribution >= 4 is 27.2 Å². The molecular weight excluding hydrogens is 518 g/mol. The second-order valence-electron chi connectivity index (χ2n) is 7.10. The molecule has 1 saturated heterocycles. The fraction of sp³-hybridized carbons (Fsp3) is 0.375. The first-order chi connectivity index (χ1) is 16.3. The zero-order valence-electron chi connectivity index (χ0n) is 17.5. The van der Waals surface area contributed by atoms with Gasteiger partial charge in [0.15, 0.2) is 6.23 Å². The van der Waals surface area contributed by atoms with Crippen LogP contribution in [0.2, 0.25) is 0 Å². The number of nitrogens with two attached hydrogens (primary N) is 1. The molecule has 1 aliphatic heterocycles. The lowest BCUT2D eigenvalue weighted by atomic mass is 10.1. The molecule has 1 fully saturated rings. The number of anilines is 1. The smallest absolute Gasteiger partial charge is 0.387 e. The normalized spacial score (nSPS) is 24.2. The topological polar surface area (TPSA) is 256 Å². The molecule has 0 radical (unpaired) electrons. The molecule has 35 heavy (non-hydrogen) atoms. The van der Waals surface area contributed by atoms with Gasteiger partial charge in [0.05, 0.1) is 23.7 Å². The molecule has 1 aromatic carbocycles. The van der Waals surface area contributed by atoms with Crippen LogP contribution in [0.3, 0.4) is 0 Å². The maximum Gasteiger partial charge on any atom is 0.481 e. The monoisotopic (exact) mass is 538 g/mol. The first kappa shape index (κ1) is 27.0. The number of nitro benzene ring substituents is 1. The minimum atomic E-state index is -5.39. The van der Waals surface area contributed by atoms with Crippen LogP contribution in [0.4, 0.5) is 11.5 Å². The van der Waals surface area contributed by atoms with Crippen LogP contribution in [0.15, 0.2) is 41.3 Å². The third-order valence-corrected chi connectivity index (χ3v) is 6.82. The van der Waals surface area contributed by atoms with E-state index in [9.17, 15) is 34.0 Å². The Kier molecular flexibility index (Phi) is 8.18. The van der Waals surface area contributed by atoms with E-state index in [0.717, 1.165) is 4.57 Å². The fourth-order valence-corrected chi connectivity index (χ4v) is 4.80. The van der Waals surface area contributed by atoms with Crippen LogP contribution < -0.4 is 11.4 Å². The van der Waals surface area contributed by atoms with Crippen LogP contribution in [0.5, 0.6) is 0 Å². The largest absolute Gasteiger partial charge is 0.481 e. The molecule has 0 spiro atoms. The van der Waals surface area contributed by atoms with Gasteiger partial charge in [0.25, 0.3) is 5.69 Å². The SMILES string of the molecule is Nc1ccn([C@@H]2O[C@H](COP(=O)(O)OP(=O)(O)O)[C@@H](O)[C@H]2OCc2ccccc2[N+](=O)[O-])c(=O)n1. The summed E-state index contributed by atoms with van der Waals surface area (Å²) in [5.74, 6) is -0.113. The van der Waals surface area contributed by atoms with Crippen molar-refractivity contribution in [2.75, 3.05) is 12.3 Å². The molecule has 6 N–H and O–H groups in total. The first-order valence-corrected chi connectivity index (χ1v) is 12.6. The molecule has 3 rings (SSSR count). The highest BCUT2D eigenvalue weighted by Gasteiger charge is 2.47. The molecule has 1 aliphatic rings. The average Bonchev–Trinajstić information content (AvgIpc) is 3.04. The number of hydrogen-bond acceptors (Lipinski definition) is 12. The number of phosphoric acid groups is 2. The van der Waals surface area contributed by atoms with Crippen LogP contribution in [-0.4, -0.2) is 59.2 Å². The summed E-state index contributed by atoms with van der Waals surface area (Å²) in [7, 11) is -10.7. The summed E-state index contributed by atoms with van der Waals surface area (Å²) in [5, 5.41) is 22.0. The van der Waals surface area contributed by atoms with Gasteiger partial charge in [0.1, 0.15) is 24.1 Å². The Morgan fingerprint density at radius 2 is 1.91 bits per heavy atom. The van der Waals surface area contributed by atoms with Crippen molar-refractivity contribution in [1.82, 2.24) is 9.55 Å². The Morgan fingerprint density at radius 3 is 2.54 bits per heavy atom. The lowest BCUT2D eigenvalue weighted by Gasteiger charge is -2.22. The Hall–Kier alpha value is -2.56. The predicted molar refractivity (Wildman–Crippen MR) is 113 cm³/mol. The van der Waals surface area contributed by atoms with Gasteiger partial charge in [-0.05, 0) is 12.1 Å². The Bertz CT molecular complexity index is 1230. The van der Waals surface area contributed by atoms with E-state index < -0.39 is 64.0 Å². The number of ether oxygens (including phenoxy) is 2. The van der Waals surface area contributed by atoms with Gasteiger partial charge < -0.3 is 35.0 Å². The molecule has 17 nitrogen and oxygen atoms in total. The maximum atomic E-state index is 12.3. The second kappa shape index (κ2) is 10.6. The summed E-state index contributed by atoms with van der Waals surface area (Å²) in [6.45, 7) is -1.32. The molecule has 1 aromatic heterocycles. The number of phosphoric ester groups is 1. The number of aliphatic hydroxyl groups is 1. The number of aliphatic hydroxyl groups excluding tert-OH is 1. The minimum absolute atomic E-state index is 0.113. The Morgan fingerprint density at radius 1 is 1.23 bits per heavy atom. The molecule has 0 amide bonds.